The smallest absolute Gasteiger partial charge is 0.309 e. The molecule has 30 heavy (non-hydrogen) atoms. The Bertz CT molecular complexity index is 951. The van der Waals surface area contributed by atoms with Gasteiger partial charge in [-0.3, -0.25) is 19.7 Å². The van der Waals surface area contributed by atoms with Crippen molar-refractivity contribution in [2.24, 2.45) is 5.92 Å². The Labute approximate surface area is 174 Å². The van der Waals surface area contributed by atoms with Crippen molar-refractivity contribution in [1.29, 1.82) is 0 Å². The molecule has 0 unspecified atom stereocenters. The van der Waals surface area contributed by atoms with Gasteiger partial charge in [0.2, 0.25) is 10.0 Å². The number of hydrogen-bond acceptors (Lipinski definition) is 7. The van der Waals surface area contributed by atoms with Crippen LogP contribution in [0.15, 0.2) is 23.1 Å². The first kappa shape index (κ1) is 22.2. The summed E-state index contributed by atoms with van der Waals surface area (Å²) in [6.45, 7) is 3.27. The molecule has 1 saturated heterocycles. The Morgan fingerprint density at radius 1 is 1.23 bits per heavy atom. The third-order valence-electron chi connectivity index (χ3n) is 5.37. The number of nitro benzene ring substituents is 1. The molecular formula is C19H25N3O7S. The van der Waals surface area contributed by atoms with Gasteiger partial charge < -0.3 is 10.1 Å². The number of carbonyl (C=O) groups is 2. The summed E-state index contributed by atoms with van der Waals surface area (Å²) in [5.41, 5.74) is 0.119. The first-order chi connectivity index (χ1) is 14.1. The molecule has 0 radical (unpaired) electrons. The Kier molecular flexibility index (Phi) is 6.41. The number of ether oxygens (including phenoxy) is 1. The number of sulfonamides is 1. The van der Waals surface area contributed by atoms with Crippen LogP contribution >= 0.6 is 0 Å². The number of non-ortho nitro benzene ring substituents is 1. The van der Waals surface area contributed by atoms with Crippen LogP contribution in [0.1, 0.15) is 38.2 Å². The topological polar surface area (TPSA) is 136 Å². The molecule has 1 aromatic carbocycles. The molecule has 1 aliphatic heterocycles. The van der Waals surface area contributed by atoms with E-state index in [4.69, 9.17) is 4.74 Å². The van der Waals surface area contributed by atoms with Crippen molar-refractivity contribution >= 4 is 27.6 Å². The number of nitro groups is 1. The first-order valence-electron chi connectivity index (χ1n) is 9.85. The number of amides is 1. The van der Waals surface area contributed by atoms with E-state index in [9.17, 15) is 28.1 Å². The number of carbonyl (C=O) groups excluding carboxylic acids is 2. The highest BCUT2D eigenvalue weighted by atomic mass is 32.2. The van der Waals surface area contributed by atoms with Gasteiger partial charge in [-0.05, 0) is 45.1 Å². The van der Waals surface area contributed by atoms with Crippen molar-refractivity contribution in [2.45, 2.75) is 56.6 Å². The predicted octanol–water partition coefficient (Wildman–Crippen LogP) is 1.51. The van der Waals surface area contributed by atoms with Crippen LogP contribution in [0.4, 0.5) is 5.69 Å². The Balaban J connectivity index is 1.60. The number of nitrogens with zero attached hydrogens (tertiary/aromatic N) is 2. The largest absolute Gasteiger partial charge is 0.452 e. The summed E-state index contributed by atoms with van der Waals surface area (Å²) in [6.07, 6.45) is 1.48. The molecule has 164 valence electrons. The lowest BCUT2D eigenvalue weighted by Crippen LogP contribution is -2.42. The summed E-state index contributed by atoms with van der Waals surface area (Å²) in [4.78, 5) is 34.6. The Morgan fingerprint density at radius 3 is 2.43 bits per heavy atom. The maximum absolute atomic E-state index is 13.0. The number of benzene rings is 1. The fourth-order valence-electron chi connectivity index (χ4n) is 3.32. The van der Waals surface area contributed by atoms with Crippen LogP contribution in [0.5, 0.6) is 0 Å². The van der Waals surface area contributed by atoms with Crippen molar-refractivity contribution in [3.8, 4) is 0 Å². The molecule has 1 saturated carbocycles. The van der Waals surface area contributed by atoms with Crippen LogP contribution in [-0.2, 0) is 24.3 Å². The van der Waals surface area contributed by atoms with Gasteiger partial charge in [-0.15, -0.1) is 0 Å². The number of piperidine rings is 1. The molecule has 0 spiro atoms. The number of nitrogens with one attached hydrogen (secondary N) is 1. The SMILES string of the molecule is Cc1ccc([N+](=O)[O-])cc1S(=O)(=O)N1CCC(C(=O)O[C@H](C)C(=O)NC2CC2)CC1. The van der Waals surface area contributed by atoms with Crippen LogP contribution in [0.2, 0.25) is 0 Å². The quantitative estimate of drug-likeness (QED) is 0.386. The van der Waals surface area contributed by atoms with Crippen molar-refractivity contribution < 1.29 is 27.7 Å². The monoisotopic (exact) mass is 439 g/mol. The van der Waals surface area contributed by atoms with Gasteiger partial charge >= 0.3 is 5.97 Å². The summed E-state index contributed by atoms with van der Waals surface area (Å²) in [5.74, 6) is -1.34. The van der Waals surface area contributed by atoms with Gasteiger partial charge in [0.1, 0.15) is 0 Å². The molecule has 1 amide bonds. The van der Waals surface area contributed by atoms with Gasteiger partial charge in [0, 0.05) is 31.3 Å². The molecule has 1 aliphatic carbocycles. The van der Waals surface area contributed by atoms with Gasteiger partial charge in [0.05, 0.1) is 15.7 Å². The highest BCUT2D eigenvalue weighted by Gasteiger charge is 2.35. The molecule has 11 heteroatoms. The minimum Gasteiger partial charge on any atom is -0.452 e. The van der Waals surface area contributed by atoms with E-state index in [2.05, 4.69) is 5.32 Å². The molecule has 1 atom stereocenters. The molecule has 2 fully saturated rings. The summed E-state index contributed by atoms with van der Waals surface area (Å²) in [6, 6.07) is 3.90. The maximum Gasteiger partial charge on any atom is 0.309 e. The molecule has 2 aliphatic rings. The third-order valence-corrected chi connectivity index (χ3v) is 7.41. The molecule has 0 bridgehead atoms. The molecule has 1 N–H and O–H groups in total. The maximum atomic E-state index is 13.0. The molecule has 1 heterocycles. The minimum atomic E-state index is -3.93. The van der Waals surface area contributed by atoms with E-state index in [1.807, 2.05) is 0 Å². The van der Waals surface area contributed by atoms with Gasteiger partial charge in [0.25, 0.3) is 11.6 Å². The van der Waals surface area contributed by atoms with Gasteiger partial charge in [-0.2, -0.15) is 4.31 Å². The molecule has 3 rings (SSSR count). The Hall–Kier alpha value is -2.53. The fraction of sp³-hybridized carbons (Fsp3) is 0.579. The van der Waals surface area contributed by atoms with Crippen molar-refractivity contribution in [1.82, 2.24) is 9.62 Å². The summed E-state index contributed by atoms with van der Waals surface area (Å²) in [5, 5.41) is 13.8. The van der Waals surface area contributed by atoms with E-state index in [-0.39, 0.29) is 48.5 Å². The Morgan fingerprint density at radius 2 is 1.87 bits per heavy atom. The van der Waals surface area contributed by atoms with Gasteiger partial charge in [-0.1, -0.05) is 6.07 Å². The number of esters is 1. The number of rotatable bonds is 7. The molecular weight excluding hydrogens is 414 g/mol. The first-order valence-corrected chi connectivity index (χ1v) is 11.3. The van der Waals surface area contributed by atoms with E-state index < -0.39 is 32.9 Å². The van der Waals surface area contributed by atoms with Crippen LogP contribution < -0.4 is 5.32 Å². The average Bonchev–Trinajstić information content (AvgIpc) is 3.52. The third kappa shape index (κ3) is 4.96. The zero-order chi connectivity index (χ0) is 22.1. The molecule has 10 nitrogen and oxygen atoms in total. The fourth-order valence-corrected chi connectivity index (χ4v) is 5.04. The zero-order valence-electron chi connectivity index (χ0n) is 16.9. The highest BCUT2D eigenvalue weighted by molar-refractivity contribution is 7.89. The van der Waals surface area contributed by atoms with E-state index >= 15 is 0 Å². The predicted molar refractivity (Wildman–Crippen MR) is 106 cm³/mol. The lowest BCUT2D eigenvalue weighted by atomic mass is 9.98. The summed E-state index contributed by atoms with van der Waals surface area (Å²) >= 11 is 0. The van der Waals surface area contributed by atoms with E-state index in [1.54, 1.807) is 6.92 Å². The standard InChI is InChI=1S/C19H25N3O7S/c1-12-3-6-16(22(25)26)11-17(12)30(27,28)21-9-7-14(8-10-21)19(24)29-13(2)18(23)20-15-4-5-15/h3,6,11,13-15H,4-5,7-10H2,1-2H3,(H,20,23)/t13-/m1/s1. The summed E-state index contributed by atoms with van der Waals surface area (Å²) in [7, 11) is -3.93. The van der Waals surface area contributed by atoms with E-state index in [0.29, 0.717) is 5.56 Å². The van der Waals surface area contributed by atoms with Crippen LogP contribution in [0, 0.1) is 23.0 Å². The van der Waals surface area contributed by atoms with Crippen molar-refractivity contribution in [3.63, 3.8) is 0 Å². The van der Waals surface area contributed by atoms with Gasteiger partial charge in [-0.25, -0.2) is 8.42 Å². The average molecular weight is 439 g/mol. The zero-order valence-corrected chi connectivity index (χ0v) is 17.7. The van der Waals surface area contributed by atoms with E-state index in [1.165, 1.54) is 23.4 Å². The number of aryl methyl sites for hydroxylation is 1. The second-order valence-electron chi connectivity index (χ2n) is 7.75. The second kappa shape index (κ2) is 8.68. The van der Waals surface area contributed by atoms with Crippen LogP contribution in [0.25, 0.3) is 0 Å². The van der Waals surface area contributed by atoms with Crippen molar-refractivity contribution in [3.05, 3.63) is 33.9 Å². The normalized spacial score (nSPS) is 19.1. The van der Waals surface area contributed by atoms with Crippen LogP contribution in [0.3, 0.4) is 0 Å². The van der Waals surface area contributed by atoms with E-state index in [0.717, 1.165) is 18.9 Å². The second-order valence-corrected chi connectivity index (χ2v) is 9.65. The lowest BCUT2D eigenvalue weighted by molar-refractivity contribution is -0.385. The van der Waals surface area contributed by atoms with Crippen molar-refractivity contribution in [2.75, 3.05) is 13.1 Å². The summed E-state index contributed by atoms with van der Waals surface area (Å²) < 4.78 is 32.4. The molecule has 1 aromatic rings. The highest BCUT2D eigenvalue weighted by Crippen LogP contribution is 2.29. The lowest BCUT2D eigenvalue weighted by Gasteiger charge is -2.30. The molecule has 0 aromatic heterocycles. The minimum absolute atomic E-state index is 0.0902. The number of hydrogen-bond donors (Lipinski definition) is 1. The van der Waals surface area contributed by atoms with Gasteiger partial charge in [0.15, 0.2) is 6.10 Å². The van der Waals surface area contributed by atoms with Crippen LogP contribution in [-0.4, -0.2) is 54.8 Å².